The van der Waals surface area contributed by atoms with Gasteiger partial charge in [-0.3, -0.25) is 0 Å². The van der Waals surface area contributed by atoms with Gasteiger partial charge >= 0.3 is 6.36 Å². The number of para-hydroxylation sites is 2. The van der Waals surface area contributed by atoms with Gasteiger partial charge in [-0.15, -0.1) is 13.2 Å². The van der Waals surface area contributed by atoms with Crippen molar-refractivity contribution in [2.45, 2.75) is 13.3 Å². The number of pyridine rings is 1. The van der Waals surface area contributed by atoms with Crippen LogP contribution in [0.5, 0.6) is 5.75 Å². The van der Waals surface area contributed by atoms with Crippen LogP contribution in [-0.2, 0) is 0 Å². The number of nitrogens with zero attached hydrogens (tertiary/aromatic N) is 1. The minimum Gasteiger partial charge on any atom is -0.404 e. The summed E-state index contributed by atoms with van der Waals surface area (Å²) in [5.74, 6) is 0.0613. The molecule has 0 saturated carbocycles. The molecular weight excluding hydrogens is 271 g/mol. The van der Waals surface area contributed by atoms with E-state index in [0.717, 1.165) is 0 Å². The lowest BCUT2D eigenvalue weighted by molar-refractivity contribution is -0.274. The molecule has 20 heavy (non-hydrogen) atoms. The highest BCUT2D eigenvalue weighted by Gasteiger charge is 2.32. The summed E-state index contributed by atoms with van der Waals surface area (Å²) in [5.41, 5.74) is 6.90. The Hall–Kier alpha value is -2.44. The van der Waals surface area contributed by atoms with E-state index in [1.54, 1.807) is 25.1 Å². The summed E-state index contributed by atoms with van der Waals surface area (Å²) in [5, 5.41) is 2.77. The first kappa shape index (κ1) is 14.0. The summed E-state index contributed by atoms with van der Waals surface area (Å²) < 4.78 is 40.8. The van der Waals surface area contributed by atoms with Crippen molar-refractivity contribution in [2.24, 2.45) is 0 Å². The van der Waals surface area contributed by atoms with Gasteiger partial charge in [0, 0.05) is 0 Å². The third-order valence-electron chi connectivity index (χ3n) is 2.50. The van der Waals surface area contributed by atoms with Gasteiger partial charge in [-0.05, 0) is 31.2 Å². The number of hydrogen-bond donors (Lipinski definition) is 2. The summed E-state index contributed by atoms with van der Waals surface area (Å²) in [6, 6.07) is 8.93. The van der Waals surface area contributed by atoms with E-state index < -0.39 is 6.36 Å². The highest BCUT2D eigenvalue weighted by atomic mass is 19.4. The van der Waals surface area contributed by atoms with Gasteiger partial charge in [0.15, 0.2) is 5.75 Å². The maximum Gasteiger partial charge on any atom is 0.573 e. The van der Waals surface area contributed by atoms with Crippen LogP contribution in [0.2, 0.25) is 0 Å². The number of alkyl halides is 3. The maximum atomic E-state index is 12.3. The quantitative estimate of drug-likeness (QED) is 0.903. The van der Waals surface area contributed by atoms with Crippen LogP contribution in [0.4, 0.5) is 30.4 Å². The Morgan fingerprint density at radius 1 is 1.15 bits per heavy atom. The second-order valence-electron chi connectivity index (χ2n) is 4.04. The van der Waals surface area contributed by atoms with E-state index in [1.165, 1.54) is 18.2 Å². The number of halogens is 3. The fourth-order valence-electron chi connectivity index (χ4n) is 1.56. The number of anilines is 3. The zero-order valence-electron chi connectivity index (χ0n) is 10.5. The molecule has 0 unspecified atom stereocenters. The van der Waals surface area contributed by atoms with Gasteiger partial charge in [-0.25, -0.2) is 4.98 Å². The lowest BCUT2D eigenvalue weighted by Gasteiger charge is -2.14. The van der Waals surface area contributed by atoms with E-state index in [0.29, 0.717) is 17.2 Å². The third kappa shape index (κ3) is 3.53. The van der Waals surface area contributed by atoms with Gasteiger partial charge < -0.3 is 15.8 Å². The number of hydrogen-bond acceptors (Lipinski definition) is 4. The standard InChI is InChI=1S/C13H12F3N3O/c1-8-9(17)6-7-12(18-8)19-10-4-2-3-5-11(10)20-13(14,15)16/h2-7H,17H2,1H3,(H,18,19). The molecule has 4 nitrogen and oxygen atoms in total. The van der Waals surface area contributed by atoms with Gasteiger partial charge in [0.2, 0.25) is 0 Å². The number of benzene rings is 1. The molecular formula is C13H12F3N3O. The number of rotatable bonds is 3. The molecule has 0 spiro atoms. The molecule has 0 amide bonds. The van der Waals surface area contributed by atoms with Crippen molar-refractivity contribution in [3.8, 4) is 5.75 Å². The molecule has 0 aliphatic heterocycles. The van der Waals surface area contributed by atoms with Crippen molar-refractivity contribution in [2.75, 3.05) is 11.1 Å². The fraction of sp³-hybridized carbons (Fsp3) is 0.154. The monoisotopic (exact) mass is 283 g/mol. The Morgan fingerprint density at radius 2 is 1.85 bits per heavy atom. The van der Waals surface area contributed by atoms with Crippen LogP contribution in [-0.4, -0.2) is 11.3 Å². The normalized spacial score (nSPS) is 11.2. The molecule has 0 radical (unpaired) electrons. The lowest BCUT2D eigenvalue weighted by atomic mass is 10.2. The Labute approximate surface area is 113 Å². The first-order valence-corrected chi connectivity index (χ1v) is 5.70. The van der Waals surface area contributed by atoms with Gasteiger partial charge in [-0.2, -0.15) is 0 Å². The molecule has 0 saturated heterocycles. The van der Waals surface area contributed by atoms with Crippen molar-refractivity contribution in [1.82, 2.24) is 4.98 Å². The number of ether oxygens (including phenoxy) is 1. The molecule has 106 valence electrons. The number of aryl methyl sites for hydroxylation is 1. The Kier molecular flexibility index (Phi) is 3.69. The van der Waals surface area contributed by atoms with Crippen LogP contribution in [0.15, 0.2) is 36.4 Å². The summed E-state index contributed by atoms with van der Waals surface area (Å²) in [4.78, 5) is 4.13. The summed E-state index contributed by atoms with van der Waals surface area (Å²) >= 11 is 0. The van der Waals surface area contributed by atoms with Crippen LogP contribution >= 0.6 is 0 Å². The molecule has 1 aromatic heterocycles. The van der Waals surface area contributed by atoms with Crippen LogP contribution in [0, 0.1) is 6.92 Å². The summed E-state index contributed by atoms with van der Waals surface area (Å²) in [6.07, 6.45) is -4.75. The molecule has 0 aliphatic carbocycles. The Balaban J connectivity index is 2.27. The molecule has 7 heteroatoms. The van der Waals surface area contributed by atoms with Gasteiger partial charge in [0.1, 0.15) is 5.82 Å². The molecule has 0 atom stereocenters. The highest BCUT2D eigenvalue weighted by molar-refractivity contribution is 5.65. The van der Waals surface area contributed by atoms with E-state index in [9.17, 15) is 13.2 Å². The smallest absolute Gasteiger partial charge is 0.404 e. The van der Waals surface area contributed by atoms with E-state index in [1.807, 2.05) is 0 Å². The zero-order chi connectivity index (χ0) is 14.8. The number of nitrogen functional groups attached to an aromatic ring is 1. The predicted molar refractivity (Wildman–Crippen MR) is 69.8 cm³/mol. The van der Waals surface area contributed by atoms with E-state index in [2.05, 4.69) is 15.0 Å². The van der Waals surface area contributed by atoms with Crippen LogP contribution in [0.1, 0.15) is 5.69 Å². The van der Waals surface area contributed by atoms with Crippen molar-refractivity contribution < 1.29 is 17.9 Å². The molecule has 1 aromatic carbocycles. The Morgan fingerprint density at radius 3 is 2.50 bits per heavy atom. The zero-order valence-corrected chi connectivity index (χ0v) is 10.5. The SMILES string of the molecule is Cc1nc(Nc2ccccc2OC(F)(F)F)ccc1N. The second kappa shape index (κ2) is 5.28. The highest BCUT2D eigenvalue weighted by Crippen LogP contribution is 2.31. The van der Waals surface area contributed by atoms with Gasteiger partial charge in [0.05, 0.1) is 17.1 Å². The molecule has 0 fully saturated rings. The molecule has 2 aromatic rings. The van der Waals surface area contributed by atoms with Gasteiger partial charge in [-0.1, -0.05) is 12.1 Å². The average molecular weight is 283 g/mol. The first-order chi connectivity index (χ1) is 9.35. The molecule has 0 bridgehead atoms. The van der Waals surface area contributed by atoms with Gasteiger partial charge in [0.25, 0.3) is 0 Å². The average Bonchev–Trinajstić information content (AvgIpc) is 2.34. The van der Waals surface area contributed by atoms with E-state index in [-0.39, 0.29) is 11.4 Å². The number of nitrogens with two attached hydrogens (primary N) is 1. The van der Waals surface area contributed by atoms with E-state index in [4.69, 9.17) is 5.73 Å². The summed E-state index contributed by atoms with van der Waals surface area (Å²) in [6.45, 7) is 1.71. The van der Waals surface area contributed by atoms with Crippen LogP contribution in [0.3, 0.4) is 0 Å². The lowest BCUT2D eigenvalue weighted by Crippen LogP contribution is -2.17. The minimum absolute atomic E-state index is 0.168. The topological polar surface area (TPSA) is 60.2 Å². The molecule has 0 aliphatic rings. The van der Waals surface area contributed by atoms with Crippen molar-refractivity contribution in [3.05, 3.63) is 42.1 Å². The van der Waals surface area contributed by atoms with Crippen molar-refractivity contribution >= 4 is 17.2 Å². The third-order valence-corrected chi connectivity index (χ3v) is 2.50. The van der Waals surface area contributed by atoms with Crippen molar-refractivity contribution in [1.29, 1.82) is 0 Å². The largest absolute Gasteiger partial charge is 0.573 e. The predicted octanol–water partition coefficient (Wildman–Crippen LogP) is 3.61. The molecule has 3 N–H and O–H groups in total. The summed E-state index contributed by atoms with van der Waals surface area (Å²) in [7, 11) is 0. The van der Waals surface area contributed by atoms with Crippen LogP contribution < -0.4 is 15.8 Å². The Bertz CT molecular complexity index is 614. The number of aromatic nitrogens is 1. The maximum absolute atomic E-state index is 12.3. The second-order valence-corrected chi connectivity index (χ2v) is 4.04. The molecule has 2 rings (SSSR count). The van der Waals surface area contributed by atoms with Crippen LogP contribution in [0.25, 0.3) is 0 Å². The minimum atomic E-state index is -4.75. The van der Waals surface area contributed by atoms with Crippen molar-refractivity contribution in [3.63, 3.8) is 0 Å². The fourth-order valence-corrected chi connectivity index (χ4v) is 1.56. The first-order valence-electron chi connectivity index (χ1n) is 5.70. The number of nitrogens with one attached hydrogen (secondary N) is 1. The molecule has 1 heterocycles. The van der Waals surface area contributed by atoms with E-state index >= 15 is 0 Å².